The van der Waals surface area contributed by atoms with E-state index in [-0.39, 0.29) is 11.8 Å². The van der Waals surface area contributed by atoms with Crippen LogP contribution >= 0.6 is 11.6 Å². The smallest absolute Gasteiger partial charge is 0.139 e. The molecule has 0 aromatic heterocycles. The first-order chi connectivity index (χ1) is 11.7. The molecule has 1 aliphatic rings. The van der Waals surface area contributed by atoms with Gasteiger partial charge in [0.1, 0.15) is 4.21 Å². The van der Waals surface area contributed by atoms with E-state index in [1.807, 2.05) is 66.7 Å². The molecule has 1 saturated carbocycles. The van der Waals surface area contributed by atoms with Crippen LogP contribution in [0.2, 0.25) is 0 Å². The Morgan fingerprint density at radius 3 is 1.46 bits per heavy atom. The lowest BCUT2D eigenvalue weighted by Gasteiger charge is -2.10. The van der Waals surface area contributed by atoms with E-state index in [9.17, 15) is 4.21 Å². The molecule has 0 radical (unpaired) electrons. The maximum Gasteiger partial charge on any atom is 0.139 e. The SMILES string of the molecule is O=S(c1ccccc1)C1(Cl)C(c2ccccc2)C1c1ccccc1. The second-order valence-electron chi connectivity index (χ2n) is 6.06. The maximum absolute atomic E-state index is 13.3. The van der Waals surface area contributed by atoms with Crippen LogP contribution in [-0.4, -0.2) is 8.42 Å². The standard InChI is InChI=1S/C21H17ClOS/c22-21(24(23)18-14-8-3-9-15-18)19(16-10-4-1-5-11-16)20(21)17-12-6-2-7-13-17/h1-15,19-20H. The second-order valence-corrected chi connectivity index (χ2v) is 8.59. The molecule has 0 heterocycles. The van der Waals surface area contributed by atoms with Crippen LogP contribution < -0.4 is 0 Å². The van der Waals surface area contributed by atoms with Crippen molar-refractivity contribution in [1.29, 1.82) is 0 Å². The van der Waals surface area contributed by atoms with E-state index in [4.69, 9.17) is 11.6 Å². The van der Waals surface area contributed by atoms with Crippen LogP contribution in [0.25, 0.3) is 0 Å². The summed E-state index contributed by atoms with van der Waals surface area (Å²) < 4.78 is 12.5. The second kappa shape index (κ2) is 6.19. The van der Waals surface area contributed by atoms with Crippen LogP contribution in [0.5, 0.6) is 0 Å². The number of halogens is 1. The van der Waals surface area contributed by atoms with Gasteiger partial charge in [-0.15, -0.1) is 11.6 Å². The lowest BCUT2D eigenvalue weighted by Crippen LogP contribution is -2.13. The van der Waals surface area contributed by atoms with E-state index in [2.05, 4.69) is 24.3 Å². The molecule has 0 N–H and O–H groups in total. The van der Waals surface area contributed by atoms with Gasteiger partial charge in [0, 0.05) is 16.7 Å². The molecule has 3 aromatic rings. The van der Waals surface area contributed by atoms with Crippen LogP contribution in [-0.2, 0) is 10.8 Å². The average Bonchev–Trinajstić information content (AvgIpc) is 3.30. The molecule has 0 amide bonds. The number of hydrogen-bond acceptors (Lipinski definition) is 1. The number of alkyl halides is 1. The number of hydrogen-bond donors (Lipinski definition) is 0. The summed E-state index contributed by atoms with van der Waals surface area (Å²) in [5.74, 6) is 0.0904. The zero-order valence-electron chi connectivity index (χ0n) is 13.0. The molecule has 3 aromatic carbocycles. The third-order valence-corrected chi connectivity index (χ3v) is 7.30. The van der Waals surface area contributed by atoms with E-state index in [0.29, 0.717) is 0 Å². The van der Waals surface area contributed by atoms with Crippen molar-refractivity contribution < 1.29 is 4.21 Å². The summed E-state index contributed by atoms with van der Waals surface area (Å²) in [6.45, 7) is 0. The summed E-state index contributed by atoms with van der Waals surface area (Å²) in [6, 6.07) is 29.9. The Morgan fingerprint density at radius 2 is 1.04 bits per heavy atom. The topological polar surface area (TPSA) is 17.1 Å². The van der Waals surface area contributed by atoms with Crippen LogP contribution in [0.15, 0.2) is 95.9 Å². The average molecular weight is 353 g/mol. The van der Waals surface area contributed by atoms with Crippen LogP contribution in [0.1, 0.15) is 23.0 Å². The van der Waals surface area contributed by atoms with Crippen molar-refractivity contribution in [2.45, 2.75) is 20.9 Å². The van der Waals surface area contributed by atoms with Gasteiger partial charge in [0.2, 0.25) is 0 Å². The first-order valence-corrected chi connectivity index (χ1v) is 9.51. The predicted octanol–water partition coefficient (Wildman–Crippen LogP) is 5.31. The van der Waals surface area contributed by atoms with Crippen molar-refractivity contribution in [2.75, 3.05) is 0 Å². The minimum Gasteiger partial charge on any atom is -0.252 e. The predicted molar refractivity (Wildman–Crippen MR) is 99.8 cm³/mol. The van der Waals surface area contributed by atoms with Crippen molar-refractivity contribution in [1.82, 2.24) is 0 Å². The lowest BCUT2D eigenvalue weighted by molar-refractivity contribution is 0.678. The molecule has 1 fully saturated rings. The van der Waals surface area contributed by atoms with Gasteiger partial charge in [-0.2, -0.15) is 0 Å². The highest BCUT2D eigenvalue weighted by Gasteiger charge is 2.69. The molecule has 120 valence electrons. The first-order valence-electron chi connectivity index (χ1n) is 7.98. The van der Waals surface area contributed by atoms with Crippen molar-refractivity contribution in [3.05, 3.63) is 102 Å². The van der Waals surface area contributed by atoms with Gasteiger partial charge in [-0.25, -0.2) is 0 Å². The Balaban J connectivity index is 1.78. The summed E-state index contributed by atoms with van der Waals surface area (Å²) in [4.78, 5) is 0.784. The van der Waals surface area contributed by atoms with E-state index < -0.39 is 15.0 Å². The zero-order chi connectivity index (χ0) is 16.6. The monoisotopic (exact) mass is 352 g/mol. The highest BCUT2D eigenvalue weighted by atomic mass is 35.5. The first kappa shape index (κ1) is 15.6. The van der Waals surface area contributed by atoms with Crippen LogP contribution in [0.3, 0.4) is 0 Å². The normalized spacial score (nSPS) is 26.7. The van der Waals surface area contributed by atoms with E-state index in [0.717, 1.165) is 16.0 Å². The minimum absolute atomic E-state index is 0.0452. The molecule has 0 bridgehead atoms. The Hall–Kier alpha value is -1.90. The van der Waals surface area contributed by atoms with E-state index >= 15 is 0 Å². The van der Waals surface area contributed by atoms with Gasteiger partial charge in [-0.1, -0.05) is 78.9 Å². The molecule has 3 unspecified atom stereocenters. The quantitative estimate of drug-likeness (QED) is 0.581. The molecule has 0 saturated heterocycles. The maximum atomic E-state index is 13.3. The molecule has 0 aliphatic heterocycles. The summed E-state index contributed by atoms with van der Waals surface area (Å²) in [7, 11) is -1.29. The van der Waals surface area contributed by atoms with E-state index in [1.165, 1.54) is 0 Å². The number of rotatable bonds is 4. The molecular formula is C21H17ClOS. The number of benzene rings is 3. The lowest BCUT2D eigenvalue weighted by atomic mass is 10.0. The Kier molecular flexibility index (Phi) is 4.03. The molecular weight excluding hydrogens is 336 g/mol. The summed E-state index contributed by atoms with van der Waals surface area (Å²) in [5, 5.41) is 0. The molecule has 3 heteroatoms. The molecule has 1 nitrogen and oxygen atoms in total. The fourth-order valence-electron chi connectivity index (χ4n) is 3.45. The Labute approximate surface area is 149 Å². The fraction of sp³-hybridized carbons (Fsp3) is 0.143. The van der Waals surface area contributed by atoms with Crippen molar-refractivity contribution in [3.8, 4) is 0 Å². The van der Waals surface area contributed by atoms with Crippen molar-refractivity contribution in [3.63, 3.8) is 0 Å². The molecule has 4 rings (SSSR count). The fourth-order valence-corrected chi connectivity index (χ4v) is 5.86. The van der Waals surface area contributed by atoms with Gasteiger partial charge in [-0.05, 0) is 23.3 Å². The molecule has 3 atom stereocenters. The van der Waals surface area contributed by atoms with E-state index in [1.54, 1.807) is 0 Å². The zero-order valence-corrected chi connectivity index (χ0v) is 14.6. The van der Waals surface area contributed by atoms with Gasteiger partial charge in [0.25, 0.3) is 0 Å². The summed E-state index contributed by atoms with van der Waals surface area (Å²) in [5.41, 5.74) is 2.29. The third-order valence-electron chi connectivity index (χ3n) is 4.63. The molecule has 1 aliphatic carbocycles. The molecule has 24 heavy (non-hydrogen) atoms. The van der Waals surface area contributed by atoms with Gasteiger partial charge < -0.3 is 0 Å². The Bertz CT molecular complexity index is 803. The Morgan fingerprint density at radius 1 is 0.667 bits per heavy atom. The summed E-state index contributed by atoms with van der Waals surface area (Å²) >= 11 is 7.03. The van der Waals surface area contributed by atoms with Gasteiger partial charge in [0.15, 0.2) is 0 Å². The van der Waals surface area contributed by atoms with Crippen molar-refractivity contribution >= 4 is 22.4 Å². The minimum atomic E-state index is -1.29. The van der Waals surface area contributed by atoms with Gasteiger partial charge >= 0.3 is 0 Å². The van der Waals surface area contributed by atoms with Gasteiger partial charge in [-0.3, -0.25) is 4.21 Å². The summed E-state index contributed by atoms with van der Waals surface area (Å²) in [6.07, 6.45) is 0. The van der Waals surface area contributed by atoms with Crippen molar-refractivity contribution in [2.24, 2.45) is 0 Å². The third kappa shape index (κ3) is 2.51. The van der Waals surface area contributed by atoms with Crippen LogP contribution in [0, 0.1) is 0 Å². The highest BCUT2D eigenvalue weighted by Crippen LogP contribution is 2.70. The largest absolute Gasteiger partial charge is 0.252 e. The molecule has 0 spiro atoms. The highest BCUT2D eigenvalue weighted by molar-refractivity contribution is 7.88. The van der Waals surface area contributed by atoms with Gasteiger partial charge in [0.05, 0.1) is 10.8 Å². The van der Waals surface area contributed by atoms with Crippen LogP contribution in [0.4, 0.5) is 0 Å².